The maximum Gasteiger partial charge on any atom is 0.255 e. The minimum Gasteiger partial charge on any atom is -0.492 e. The van der Waals surface area contributed by atoms with Gasteiger partial charge in [0, 0.05) is 18.7 Å². The second-order valence-corrected chi connectivity index (χ2v) is 7.05. The molecule has 26 heavy (non-hydrogen) atoms. The van der Waals surface area contributed by atoms with Gasteiger partial charge in [0.05, 0.1) is 17.7 Å². The first-order chi connectivity index (χ1) is 12.6. The van der Waals surface area contributed by atoms with Gasteiger partial charge in [0.25, 0.3) is 5.91 Å². The number of nitriles is 1. The maximum atomic E-state index is 12.9. The highest BCUT2D eigenvalue weighted by molar-refractivity contribution is 7.98. The maximum absolute atomic E-state index is 12.9. The van der Waals surface area contributed by atoms with E-state index in [0.717, 1.165) is 24.3 Å². The largest absolute Gasteiger partial charge is 0.492 e. The number of ether oxygens (including phenoxy) is 1. The highest BCUT2D eigenvalue weighted by Crippen LogP contribution is 2.40. The highest BCUT2D eigenvalue weighted by Gasteiger charge is 2.29. The van der Waals surface area contributed by atoms with Crippen LogP contribution in [0.2, 0.25) is 0 Å². The van der Waals surface area contributed by atoms with Crippen LogP contribution in [0.25, 0.3) is 0 Å². The monoisotopic (exact) mass is 367 g/mol. The number of pyridine rings is 1. The van der Waals surface area contributed by atoms with Crippen molar-refractivity contribution in [1.82, 2.24) is 9.88 Å². The molecule has 1 aromatic carbocycles. The molecule has 3 rings (SSSR count). The van der Waals surface area contributed by atoms with E-state index in [2.05, 4.69) is 11.1 Å². The summed E-state index contributed by atoms with van der Waals surface area (Å²) in [6.45, 7) is 0.832. The molecule has 0 spiro atoms. The Labute approximate surface area is 158 Å². The quantitative estimate of drug-likeness (QED) is 0.698. The second kappa shape index (κ2) is 8.24. The van der Waals surface area contributed by atoms with E-state index in [0.29, 0.717) is 35.2 Å². The molecule has 0 unspecified atom stereocenters. The Hall–Kier alpha value is -2.52. The number of para-hydroxylation sites is 1. The molecule has 1 aliphatic rings. The molecule has 1 aromatic heterocycles. The molecule has 0 atom stereocenters. The molecule has 0 saturated heterocycles. The van der Waals surface area contributed by atoms with Crippen LogP contribution in [0.5, 0.6) is 5.75 Å². The molecular weight excluding hydrogens is 346 g/mol. The lowest BCUT2D eigenvalue weighted by molar-refractivity contribution is 0.0773. The molecule has 1 aliphatic carbocycles. The van der Waals surface area contributed by atoms with Gasteiger partial charge >= 0.3 is 0 Å². The number of thioether (sulfide) groups is 1. The predicted octanol–water partition coefficient (Wildman–Crippen LogP) is 3.70. The van der Waals surface area contributed by atoms with Gasteiger partial charge in [-0.25, -0.2) is 4.98 Å². The van der Waals surface area contributed by atoms with Crippen molar-refractivity contribution in [2.24, 2.45) is 0 Å². The van der Waals surface area contributed by atoms with Crippen molar-refractivity contribution in [1.29, 1.82) is 5.26 Å². The smallest absolute Gasteiger partial charge is 0.255 e. The van der Waals surface area contributed by atoms with Crippen molar-refractivity contribution < 1.29 is 9.53 Å². The Bertz CT molecular complexity index is 829. The summed E-state index contributed by atoms with van der Waals surface area (Å²) in [5.41, 5.74) is 1.73. The van der Waals surface area contributed by atoms with E-state index in [-0.39, 0.29) is 5.91 Å². The van der Waals surface area contributed by atoms with Gasteiger partial charge in [-0.1, -0.05) is 18.2 Å². The van der Waals surface area contributed by atoms with Crippen LogP contribution in [0.4, 0.5) is 0 Å². The minimum absolute atomic E-state index is 0.169. The molecule has 0 N–H and O–H groups in total. The SMILES string of the molecule is CSc1nc(C2CC2)cc(C(=O)N(C)CCOc2ccccc2)c1C#N. The number of likely N-dealkylation sites (N-methyl/N-ethyl adjacent to an activating group) is 1. The number of amides is 1. The van der Waals surface area contributed by atoms with Gasteiger partial charge in [-0.15, -0.1) is 11.8 Å². The Morgan fingerprint density at radius 3 is 2.73 bits per heavy atom. The molecule has 6 heteroatoms. The van der Waals surface area contributed by atoms with Gasteiger partial charge in [0.2, 0.25) is 0 Å². The number of hydrogen-bond donors (Lipinski definition) is 0. The van der Waals surface area contributed by atoms with Gasteiger partial charge < -0.3 is 9.64 Å². The topological polar surface area (TPSA) is 66.2 Å². The number of benzene rings is 1. The van der Waals surface area contributed by atoms with E-state index >= 15 is 0 Å². The Morgan fingerprint density at radius 1 is 1.38 bits per heavy atom. The fourth-order valence-corrected chi connectivity index (χ4v) is 3.23. The molecule has 5 nitrogen and oxygen atoms in total. The molecular formula is C20H21N3O2S. The summed E-state index contributed by atoms with van der Waals surface area (Å²) in [6.07, 6.45) is 4.08. The van der Waals surface area contributed by atoms with Crippen LogP contribution in [-0.2, 0) is 0 Å². The molecule has 0 bridgehead atoms. The van der Waals surface area contributed by atoms with E-state index in [1.165, 1.54) is 11.8 Å². The Morgan fingerprint density at radius 2 is 2.12 bits per heavy atom. The van der Waals surface area contributed by atoms with Crippen molar-refractivity contribution in [2.45, 2.75) is 23.8 Å². The molecule has 2 aromatic rings. The summed E-state index contributed by atoms with van der Waals surface area (Å²) in [6, 6.07) is 13.5. The van der Waals surface area contributed by atoms with E-state index < -0.39 is 0 Å². The summed E-state index contributed by atoms with van der Waals surface area (Å²) in [5, 5.41) is 10.2. The van der Waals surface area contributed by atoms with E-state index in [1.807, 2.05) is 36.6 Å². The third-order valence-corrected chi connectivity index (χ3v) is 5.00. The summed E-state index contributed by atoms with van der Waals surface area (Å²) in [7, 11) is 1.73. The van der Waals surface area contributed by atoms with Crippen molar-refractivity contribution in [3.8, 4) is 11.8 Å². The first-order valence-electron chi connectivity index (χ1n) is 8.56. The summed E-state index contributed by atoms with van der Waals surface area (Å²) in [4.78, 5) is 19.1. The first-order valence-corrected chi connectivity index (χ1v) is 9.79. The number of nitrogens with zero attached hydrogens (tertiary/aromatic N) is 3. The normalized spacial score (nSPS) is 13.1. The van der Waals surface area contributed by atoms with E-state index in [4.69, 9.17) is 4.74 Å². The van der Waals surface area contributed by atoms with Gasteiger partial charge in [-0.05, 0) is 37.3 Å². The molecule has 1 saturated carbocycles. The van der Waals surface area contributed by atoms with Crippen molar-refractivity contribution in [3.63, 3.8) is 0 Å². The lowest BCUT2D eigenvalue weighted by atomic mass is 10.1. The summed E-state index contributed by atoms with van der Waals surface area (Å²) < 4.78 is 5.66. The van der Waals surface area contributed by atoms with Crippen molar-refractivity contribution in [2.75, 3.05) is 26.5 Å². The Kier molecular flexibility index (Phi) is 5.79. The van der Waals surface area contributed by atoms with Gasteiger partial charge in [0.15, 0.2) is 0 Å². The zero-order valence-electron chi connectivity index (χ0n) is 14.9. The third-order valence-electron chi connectivity index (χ3n) is 4.32. The van der Waals surface area contributed by atoms with Gasteiger partial charge in [-0.2, -0.15) is 5.26 Å². The van der Waals surface area contributed by atoms with Crippen LogP contribution in [0, 0.1) is 11.3 Å². The minimum atomic E-state index is -0.169. The fraction of sp³-hybridized carbons (Fsp3) is 0.350. The predicted molar refractivity (Wildman–Crippen MR) is 102 cm³/mol. The number of aromatic nitrogens is 1. The number of rotatable bonds is 7. The molecule has 0 radical (unpaired) electrons. The average molecular weight is 367 g/mol. The molecule has 0 aliphatic heterocycles. The fourth-order valence-electron chi connectivity index (χ4n) is 2.68. The molecule has 1 fully saturated rings. The summed E-state index contributed by atoms with van der Waals surface area (Å²) >= 11 is 1.41. The lowest BCUT2D eigenvalue weighted by Gasteiger charge is -2.19. The first kappa shape index (κ1) is 18.3. The van der Waals surface area contributed by atoms with E-state index in [9.17, 15) is 10.1 Å². The molecule has 1 amide bonds. The number of hydrogen-bond acceptors (Lipinski definition) is 5. The third kappa shape index (κ3) is 4.17. The standard InChI is InChI=1S/C20H21N3O2S/c1-23(10-11-25-15-6-4-3-5-7-15)20(24)16-12-18(14-8-9-14)22-19(26-2)17(16)13-21/h3-7,12,14H,8-11H2,1-2H3. The second-order valence-electron chi connectivity index (χ2n) is 6.25. The van der Waals surface area contributed by atoms with Crippen LogP contribution in [0.3, 0.4) is 0 Å². The van der Waals surface area contributed by atoms with Gasteiger partial charge in [0.1, 0.15) is 23.5 Å². The molecule has 134 valence electrons. The Balaban J connectivity index is 1.73. The number of carbonyl (C=O) groups excluding carboxylic acids is 1. The summed E-state index contributed by atoms with van der Waals surface area (Å²) in [5.74, 6) is 1.03. The van der Waals surface area contributed by atoms with Crippen LogP contribution in [-0.4, -0.2) is 42.2 Å². The highest BCUT2D eigenvalue weighted by atomic mass is 32.2. The van der Waals surface area contributed by atoms with Gasteiger partial charge in [-0.3, -0.25) is 4.79 Å². The van der Waals surface area contributed by atoms with Crippen LogP contribution < -0.4 is 4.74 Å². The van der Waals surface area contributed by atoms with Crippen LogP contribution >= 0.6 is 11.8 Å². The zero-order chi connectivity index (χ0) is 18.5. The van der Waals surface area contributed by atoms with Crippen LogP contribution in [0.15, 0.2) is 41.4 Å². The average Bonchev–Trinajstić information content (AvgIpc) is 3.52. The zero-order valence-corrected chi connectivity index (χ0v) is 15.8. The van der Waals surface area contributed by atoms with Crippen molar-refractivity contribution >= 4 is 17.7 Å². The van der Waals surface area contributed by atoms with Crippen molar-refractivity contribution in [3.05, 3.63) is 53.2 Å². The lowest BCUT2D eigenvalue weighted by Crippen LogP contribution is -2.31. The van der Waals surface area contributed by atoms with E-state index in [1.54, 1.807) is 18.0 Å². The van der Waals surface area contributed by atoms with Crippen LogP contribution in [0.1, 0.15) is 40.4 Å². The molecule has 1 heterocycles. The number of carbonyl (C=O) groups is 1.